The summed E-state index contributed by atoms with van der Waals surface area (Å²) >= 11 is 0. The van der Waals surface area contributed by atoms with Crippen LogP contribution in [0, 0.1) is 22.5 Å². The highest BCUT2D eigenvalue weighted by Gasteiger charge is 2.30. The molecule has 2 N–H and O–H groups in total. The number of carbonyl (C=O) groups excluding carboxylic acids is 1. The maximum Gasteiger partial charge on any atom is 0.309 e. The first kappa shape index (κ1) is 15.6. The summed E-state index contributed by atoms with van der Waals surface area (Å²) < 4.78 is 0. The summed E-state index contributed by atoms with van der Waals surface area (Å²) in [5, 5.41) is 22.2. The highest BCUT2D eigenvalue weighted by molar-refractivity contribution is 5.94. The number of amides is 1. The molecule has 0 aliphatic heterocycles. The van der Waals surface area contributed by atoms with Crippen LogP contribution in [0.15, 0.2) is 18.2 Å². The van der Waals surface area contributed by atoms with Gasteiger partial charge in [-0.15, -0.1) is 0 Å². The molecule has 0 saturated heterocycles. The Labute approximate surface area is 115 Å². The van der Waals surface area contributed by atoms with E-state index < -0.39 is 22.2 Å². The van der Waals surface area contributed by atoms with E-state index in [1.807, 2.05) is 0 Å². The van der Waals surface area contributed by atoms with Gasteiger partial charge in [-0.05, 0) is 26.8 Å². The highest BCUT2D eigenvalue weighted by atomic mass is 16.6. The fourth-order valence-electron chi connectivity index (χ4n) is 1.57. The molecule has 108 valence electrons. The molecule has 0 aliphatic carbocycles. The number of hydrogen-bond donors (Lipinski definition) is 2. The fourth-order valence-corrected chi connectivity index (χ4v) is 1.57. The van der Waals surface area contributed by atoms with Crippen LogP contribution in [0.5, 0.6) is 0 Å². The minimum atomic E-state index is -1.19. The van der Waals surface area contributed by atoms with Gasteiger partial charge >= 0.3 is 5.97 Å². The number of nitro benzene ring substituents is 1. The number of nitrogens with one attached hydrogen (secondary N) is 1. The Bertz CT molecular complexity index is 566. The molecule has 0 aliphatic rings. The van der Waals surface area contributed by atoms with E-state index in [0.29, 0.717) is 5.56 Å². The molecule has 1 aromatic carbocycles. The van der Waals surface area contributed by atoms with Gasteiger partial charge in [0.15, 0.2) is 0 Å². The average molecular weight is 280 g/mol. The van der Waals surface area contributed by atoms with Gasteiger partial charge in [0.25, 0.3) is 5.69 Å². The minimum absolute atomic E-state index is 0.0969. The summed E-state index contributed by atoms with van der Waals surface area (Å²) in [5.41, 5.74) is -0.534. The summed E-state index contributed by atoms with van der Waals surface area (Å²) in [6.45, 7) is 4.47. The number of carboxylic acid groups (broad SMARTS) is 1. The number of rotatable bonds is 5. The minimum Gasteiger partial charge on any atom is -0.481 e. The summed E-state index contributed by atoms with van der Waals surface area (Å²) in [7, 11) is 0. The molecule has 0 saturated carbocycles. The van der Waals surface area contributed by atoms with Crippen molar-refractivity contribution in [3.8, 4) is 0 Å². The van der Waals surface area contributed by atoms with Gasteiger partial charge in [-0.1, -0.05) is 6.07 Å². The van der Waals surface area contributed by atoms with Gasteiger partial charge < -0.3 is 10.4 Å². The van der Waals surface area contributed by atoms with Gasteiger partial charge in [0, 0.05) is 23.7 Å². The van der Waals surface area contributed by atoms with Crippen molar-refractivity contribution in [2.24, 2.45) is 5.41 Å². The van der Waals surface area contributed by atoms with E-state index in [0.717, 1.165) is 0 Å². The lowest BCUT2D eigenvalue weighted by atomic mass is 9.89. The maximum atomic E-state index is 11.8. The first-order valence-electron chi connectivity index (χ1n) is 5.92. The van der Waals surface area contributed by atoms with Crippen molar-refractivity contribution in [3.63, 3.8) is 0 Å². The van der Waals surface area contributed by atoms with Crippen LogP contribution in [0.3, 0.4) is 0 Å². The first-order chi connectivity index (χ1) is 9.13. The second kappa shape index (κ2) is 5.68. The number of aliphatic carboxylic acids is 1. The van der Waals surface area contributed by atoms with Gasteiger partial charge in [-0.3, -0.25) is 19.7 Å². The number of hydrogen-bond acceptors (Lipinski definition) is 4. The molecule has 0 atom stereocenters. The molecule has 1 amide bonds. The molecule has 0 unspecified atom stereocenters. The topological polar surface area (TPSA) is 110 Å². The normalized spacial score (nSPS) is 10.9. The lowest BCUT2D eigenvalue weighted by Gasteiger charge is -2.18. The maximum absolute atomic E-state index is 11.8. The van der Waals surface area contributed by atoms with Crippen molar-refractivity contribution in [2.45, 2.75) is 27.2 Å². The van der Waals surface area contributed by atoms with E-state index in [9.17, 15) is 19.7 Å². The summed E-state index contributed by atoms with van der Waals surface area (Å²) in [6, 6.07) is 4.31. The van der Waals surface area contributed by atoms with Gasteiger partial charge in [0.05, 0.1) is 10.3 Å². The SMILES string of the molecule is Cc1ccc(NC(=O)CC(C)(C)C(=O)O)cc1[N+](=O)[O-]. The second-order valence-electron chi connectivity index (χ2n) is 5.17. The number of carboxylic acids is 1. The molecule has 1 rings (SSSR count). The lowest BCUT2D eigenvalue weighted by Crippen LogP contribution is -2.29. The quantitative estimate of drug-likeness (QED) is 0.635. The lowest BCUT2D eigenvalue weighted by molar-refractivity contribution is -0.385. The van der Waals surface area contributed by atoms with Crippen LogP contribution in [0.25, 0.3) is 0 Å². The van der Waals surface area contributed by atoms with Crippen LogP contribution < -0.4 is 5.32 Å². The zero-order valence-corrected chi connectivity index (χ0v) is 11.5. The Morgan fingerprint density at radius 2 is 2.00 bits per heavy atom. The third-order valence-corrected chi connectivity index (χ3v) is 2.87. The van der Waals surface area contributed by atoms with E-state index >= 15 is 0 Å². The van der Waals surface area contributed by atoms with E-state index in [1.165, 1.54) is 32.0 Å². The van der Waals surface area contributed by atoms with Crippen LogP contribution in [0.2, 0.25) is 0 Å². The molecular formula is C13H16N2O5. The zero-order chi connectivity index (χ0) is 15.5. The average Bonchev–Trinajstić information content (AvgIpc) is 2.30. The largest absolute Gasteiger partial charge is 0.481 e. The van der Waals surface area contributed by atoms with Crippen LogP contribution in [0.1, 0.15) is 25.8 Å². The Balaban J connectivity index is 2.84. The van der Waals surface area contributed by atoms with E-state index in [4.69, 9.17) is 5.11 Å². The molecule has 0 fully saturated rings. The number of carbonyl (C=O) groups is 2. The number of aryl methyl sites for hydroxylation is 1. The van der Waals surface area contributed by atoms with Crippen LogP contribution in [0.4, 0.5) is 11.4 Å². The molecule has 7 nitrogen and oxygen atoms in total. The Morgan fingerprint density at radius 1 is 1.40 bits per heavy atom. The van der Waals surface area contributed by atoms with E-state index in [1.54, 1.807) is 6.92 Å². The molecular weight excluding hydrogens is 264 g/mol. The summed E-state index contributed by atoms with van der Waals surface area (Å²) in [5.74, 6) is -1.59. The van der Waals surface area contributed by atoms with Crippen molar-refractivity contribution in [1.29, 1.82) is 0 Å². The van der Waals surface area contributed by atoms with E-state index in [2.05, 4.69) is 5.32 Å². The van der Waals surface area contributed by atoms with Gasteiger partial charge in [-0.25, -0.2) is 0 Å². The number of nitro groups is 1. The van der Waals surface area contributed by atoms with Crippen molar-refractivity contribution < 1.29 is 19.6 Å². The third kappa shape index (κ3) is 3.78. The first-order valence-corrected chi connectivity index (χ1v) is 5.92. The molecule has 0 radical (unpaired) electrons. The van der Waals surface area contributed by atoms with Gasteiger partial charge in [0.1, 0.15) is 0 Å². The molecule has 1 aromatic rings. The Kier molecular flexibility index (Phi) is 4.44. The van der Waals surface area contributed by atoms with Crippen molar-refractivity contribution in [1.82, 2.24) is 0 Å². The molecule has 20 heavy (non-hydrogen) atoms. The highest BCUT2D eigenvalue weighted by Crippen LogP contribution is 2.24. The van der Waals surface area contributed by atoms with Crippen molar-refractivity contribution in [3.05, 3.63) is 33.9 Å². The summed E-state index contributed by atoms with van der Waals surface area (Å²) in [4.78, 5) is 32.9. The number of nitrogens with zero attached hydrogens (tertiary/aromatic N) is 1. The van der Waals surface area contributed by atoms with E-state index in [-0.39, 0.29) is 17.8 Å². The van der Waals surface area contributed by atoms with Crippen LogP contribution >= 0.6 is 0 Å². The smallest absolute Gasteiger partial charge is 0.309 e. The number of benzene rings is 1. The Hall–Kier alpha value is -2.44. The van der Waals surface area contributed by atoms with Crippen molar-refractivity contribution in [2.75, 3.05) is 5.32 Å². The zero-order valence-electron chi connectivity index (χ0n) is 11.5. The van der Waals surface area contributed by atoms with Gasteiger partial charge in [0.2, 0.25) is 5.91 Å². The molecule has 0 aromatic heterocycles. The predicted molar refractivity (Wildman–Crippen MR) is 72.5 cm³/mol. The molecule has 0 bridgehead atoms. The fraction of sp³-hybridized carbons (Fsp3) is 0.385. The van der Waals surface area contributed by atoms with Crippen LogP contribution in [-0.4, -0.2) is 21.9 Å². The molecule has 7 heteroatoms. The Morgan fingerprint density at radius 3 is 2.50 bits per heavy atom. The van der Waals surface area contributed by atoms with Gasteiger partial charge in [-0.2, -0.15) is 0 Å². The monoisotopic (exact) mass is 280 g/mol. The summed E-state index contributed by atoms with van der Waals surface area (Å²) in [6.07, 6.45) is -0.218. The molecule has 0 heterocycles. The molecule has 0 spiro atoms. The van der Waals surface area contributed by atoms with Crippen molar-refractivity contribution >= 4 is 23.3 Å². The van der Waals surface area contributed by atoms with Crippen LogP contribution in [-0.2, 0) is 9.59 Å². The predicted octanol–water partition coefficient (Wildman–Crippen LogP) is 2.34. The standard InChI is InChI=1S/C13H16N2O5/c1-8-4-5-9(6-10(8)15(19)20)14-11(16)7-13(2,3)12(17)18/h4-6H,7H2,1-3H3,(H,14,16)(H,17,18). The second-order valence-corrected chi connectivity index (χ2v) is 5.17. The number of anilines is 1. The third-order valence-electron chi connectivity index (χ3n) is 2.87.